The summed E-state index contributed by atoms with van der Waals surface area (Å²) in [5, 5.41) is 4.54. The summed E-state index contributed by atoms with van der Waals surface area (Å²) in [5.41, 5.74) is 1.30. The molecule has 0 saturated heterocycles. The van der Waals surface area contributed by atoms with Crippen molar-refractivity contribution in [3.05, 3.63) is 15.6 Å². The quantitative estimate of drug-likeness (QED) is 0.786. The molecular weight excluding hydrogens is 180 g/mol. The zero-order chi connectivity index (χ0) is 9.68. The molecule has 13 heavy (non-hydrogen) atoms. The summed E-state index contributed by atoms with van der Waals surface area (Å²) in [6, 6.07) is 0. The Kier molecular flexibility index (Phi) is 4.39. The number of nitrogens with zero attached hydrogens (tertiary/aromatic N) is 1. The summed E-state index contributed by atoms with van der Waals surface area (Å²) >= 11 is 1.82. The predicted molar refractivity (Wildman–Crippen MR) is 58.2 cm³/mol. The van der Waals surface area contributed by atoms with Crippen molar-refractivity contribution in [1.29, 1.82) is 0 Å². The summed E-state index contributed by atoms with van der Waals surface area (Å²) < 4.78 is 0. The molecule has 74 valence electrons. The Labute approximate surface area is 84.4 Å². The van der Waals surface area contributed by atoms with Gasteiger partial charge in [0.25, 0.3) is 0 Å². The van der Waals surface area contributed by atoms with Crippen molar-refractivity contribution in [1.82, 2.24) is 10.3 Å². The van der Waals surface area contributed by atoms with Gasteiger partial charge >= 0.3 is 0 Å². The Morgan fingerprint density at radius 3 is 2.77 bits per heavy atom. The van der Waals surface area contributed by atoms with Crippen LogP contribution in [0.5, 0.6) is 0 Å². The third-order valence-electron chi connectivity index (χ3n) is 1.91. The summed E-state index contributed by atoms with van der Waals surface area (Å²) in [6.45, 7) is 8.43. The minimum Gasteiger partial charge on any atom is -0.312 e. The van der Waals surface area contributed by atoms with Crippen LogP contribution in [-0.2, 0) is 13.0 Å². The molecular formula is C10H18N2S. The lowest BCUT2D eigenvalue weighted by molar-refractivity contribution is 0.723. The Bertz CT molecular complexity index is 255. The van der Waals surface area contributed by atoms with Gasteiger partial charge in [0, 0.05) is 11.4 Å². The third-order valence-corrected chi connectivity index (χ3v) is 2.92. The van der Waals surface area contributed by atoms with Crippen molar-refractivity contribution in [3.63, 3.8) is 0 Å². The normalized spacial score (nSPS) is 10.7. The van der Waals surface area contributed by atoms with Crippen molar-refractivity contribution < 1.29 is 0 Å². The van der Waals surface area contributed by atoms with E-state index in [9.17, 15) is 0 Å². The fourth-order valence-electron chi connectivity index (χ4n) is 1.32. The monoisotopic (exact) mass is 198 g/mol. The van der Waals surface area contributed by atoms with Crippen LogP contribution in [0.1, 0.15) is 35.8 Å². The molecule has 0 aliphatic rings. The number of nitrogens with one attached hydrogen (secondary N) is 1. The maximum atomic E-state index is 4.53. The number of aromatic nitrogens is 1. The molecule has 0 bridgehead atoms. The fraction of sp³-hybridized carbons (Fsp3) is 0.700. The molecule has 0 aliphatic heterocycles. The van der Waals surface area contributed by atoms with Crippen molar-refractivity contribution in [3.8, 4) is 0 Å². The molecule has 0 saturated carbocycles. The van der Waals surface area contributed by atoms with Crippen molar-refractivity contribution in [2.75, 3.05) is 6.54 Å². The lowest BCUT2D eigenvalue weighted by atomic mass is 10.2. The zero-order valence-corrected chi connectivity index (χ0v) is 9.50. The Morgan fingerprint density at radius 1 is 1.38 bits per heavy atom. The van der Waals surface area contributed by atoms with E-state index in [0.717, 1.165) is 19.5 Å². The van der Waals surface area contributed by atoms with Gasteiger partial charge in [-0.2, -0.15) is 0 Å². The van der Waals surface area contributed by atoms with E-state index < -0.39 is 0 Å². The first-order valence-electron chi connectivity index (χ1n) is 4.93. The van der Waals surface area contributed by atoms with Crippen LogP contribution >= 0.6 is 11.3 Å². The average Bonchev–Trinajstić information content (AvgIpc) is 2.44. The molecule has 0 amide bonds. The smallest absolute Gasteiger partial charge is 0.0900 e. The van der Waals surface area contributed by atoms with Gasteiger partial charge in [0.2, 0.25) is 0 Å². The maximum Gasteiger partial charge on any atom is 0.0900 e. The van der Waals surface area contributed by atoms with Crippen LogP contribution in [0.15, 0.2) is 0 Å². The van der Waals surface area contributed by atoms with Crippen LogP contribution in [0, 0.1) is 6.92 Å². The van der Waals surface area contributed by atoms with Gasteiger partial charge in [-0.15, -0.1) is 11.3 Å². The molecule has 1 heterocycles. The van der Waals surface area contributed by atoms with Gasteiger partial charge < -0.3 is 5.32 Å². The Hall–Kier alpha value is -0.410. The van der Waals surface area contributed by atoms with Crippen LogP contribution in [0.3, 0.4) is 0 Å². The summed E-state index contributed by atoms with van der Waals surface area (Å²) in [5.74, 6) is 0. The molecule has 1 aromatic rings. The molecule has 3 heteroatoms. The molecule has 1 N–H and O–H groups in total. The molecule has 0 aliphatic carbocycles. The number of thiazole rings is 1. The first-order valence-corrected chi connectivity index (χ1v) is 5.75. The predicted octanol–water partition coefficient (Wildman–Crippen LogP) is 2.51. The minimum atomic E-state index is 0.983. The fourth-order valence-corrected chi connectivity index (χ4v) is 2.27. The Balaban J connectivity index is 2.66. The lowest BCUT2D eigenvalue weighted by Gasteiger charge is -2.00. The van der Waals surface area contributed by atoms with Gasteiger partial charge in [0.15, 0.2) is 0 Å². The van der Waals surface area contributed by atoms with Crippen LogP contribution in [0.2, 0.25) is 0 Å². The lowest BCUT2D eigenvalue weighted by Crippen LogP contribution is -2.11. The number of aryl methyl sites for hydroxylation is 2. The van der Waals surface area contributed by atoms with E-state index in [-0.39, 0.29) is 0 Å². The van der Waals surface area contributed by atoms with E-state index >= 15 is 0 Å². The molecule has 0 unspecified atom stereocenters. The highest BCUT2D eigenvalue weighted by atomic mass is 32.1. The van der Waals surface area contributed by atoms with Crippen molar-refractivity contribution in [2.24, 2.45) is 0 Å². The second-order valence-electron chi connectivity index (χ2n) is 3.13. The topological polar surface area (TPSA) is 24.9 Å². The summed E-state index contributed by atoms with van der Waals surface area (Å²) in [6.07, 6.45) is 2.30. The molecule has 2 nitrogen and oxygen atoms in total. The van der Waals surface area contributed by atoms with E-state index in [0.29, 0.717) is 0 Å². The van der Waals surface area contributed by atoms with Gasteiger partial charge in [-0.05, 0) is 19.9 Å². The van der Waals surface area contributed by atoms with Gasteiger partial charge in [0.1, 0.15) is 0 Å². The number of hydrogen-bond acceptors (Lipinski definition) is 3. The zero-order valence-electron chi connectivity index (χ0n) is 8.68. The van der Waals surface area contributed by atoms with Gasteiger partial charge in [0.05, 0.1) is 10.7 Å². The summed E-state index contributed by atoms with van der Waals surface area (Å²) in [7, 11) is 0. The molecule has 1 aromatic heterocycles. The maximum absolute atomic E-state index is 4.53. The second-order valence-corrected chi connectivity index (χ2v) is 4.42. The van der Waals surface area contributed by atoms with Crippen LogP contribution in [-0.4, -0.2) is 11.5 Å². The van der Waals surface area contributed by atoms with Gasteiger partial charge in [-0.1, -0.05) is 20.3 Å². The molecule has 0 spiro atoms. The van der Waals surface area contributed by atoms with Gasteiger partial charge in [-0.3, -0.25) is 0 Å². The van der Waals surface area contributed by atoms with E-state index in [4.69, 9.17) is 0 Å². The van der Waals surface area contributed by atoms with Crippen LogP contribution < -0.4 is 5.32 Å². The minimum absolute atomic E-state index is 0.983. The highest BCUT2D eigenvalue weighted by molar-refractivity contribution is 7.11. The second kappa shape index (κ2) is 5.35. The molecule has 0 aromatic carbocycles. The molecule has 0 radical (unpaired) electrons. The molecule has 0 atom stereocenters. The number of rotatable bonds is 5. The first-order chi connectivity index (χ1) is 6.27. The van der Waals surface area contributed by atoms with Crippen molar-refractivity contribution in [2.45, 2.75) is 40.2 Å². The largest absolute Gasteiger partial charge is 0.312 e. The summed E-state index contributed by atoms with van der Waals surface area (Å²) in [4.78, 5) is 5.95. The number of hydrogen-bond donors (Lipinski definition) is 1. The Morgan fingerprint density at radius 2 is 2.15 bits per heavy atom. The highest BCUT2D eigenvalue weighted by Gasteiger charge is 2.06. The van der Waals surface area contributed by atoms with Gasteiger partial charge in [-0.25, -0.2) is 4.98 Å². The molecule has 0 fully saturated rings. The average molecular weight is 198 g/mol. The van der Waals surface area contributed by atoms with Crippen LogP contribution in [0.25, 0.3) is 0 Å². The standard InChI is InChI=1S/C10H18N2S/c1-4-6-9-10(7-11-5-2)13-8(3)12-9/h11H,4-7H2,1-3H3. The van der Waals surface area contributed by atoms with E-state index in [1.807, 2.05) is 11.3 Å². The van der Waals surface area contributed by atoms with E-state index in [1.165, 1.54) is 22.0 Å². The van der Waals surface area contributed by atoms with E-state index in [2.05, 4.69) is 31.1 Å². The van der Waals surface area contributed by atoms with E-state index in [1.54, 1.807) is 0 Å². The SMILES string of the molecule is CCCc1nc(C)sc1CNCC. The third kappa shape index (κ3) is 3.08. The molecule has 1 rings (SSSR count). The van der Waals surface area contributed by atoms with Crippen molar-refractivity contribution >= 4 is 11.3 Å². The highest BCUT2D eigenvalue weighted by Crippen LogP contribution is 2.18. The van der Waals surface area contributed by atoms with Crippen LogP contribution in [0.4, 0.5) is 0 Å². The first kappa shape index (κ1) is 10.7.